The van der Waals surface area contributed by atoms with Gasteiger partial charge in [0.05, 0.1) is 11.9 Å². The van der Waals surface area contributed by atoms with E-state index in [1.165, 1.54) is 4.90 Å². The lowest BCUT2D eigenvalue weighted by molar-refractivity contribution is -0.140. The summed E-state index contributed by atoms with van der Waals surface area (Å²) in [6, 6.07) is 9.45. The molecule has 0 radical (unpaired) electrons. The number of hydrogen-bond donors (Lipinski definition) is 1. The molecule has 7 nitrogen and oxygen atoms in total. The van der Waals surface area contributed by atoms with Crippen LogP contribution in [0.2, 0.25) is 10.0 Å². The Morgan fingerprint density at radius 3 is 2.17 bits per heavy atom. The van der Waals surface area contributed by atoms with E-state index in [-0.39, 0.29) is 12.5 Å². The predicted octanol–water partition coefficient (Wildman–Crippen LogP) is 4.71. The van der Waals surface area contributed by atoms with Crippen LogP contribution in [0.15, 0.2) is 36.4 Å². The fourth-order valence-electron chi connectivity index (χ4n) is 3.74. The number of benzene rings is 2. The monoisotopic (exact) mass is 541 g/mol. The first-order chi connectivity index (χ1) is 16.4. The predicted molar refractivity (Wildman–Crippen MR) is 142 cm³/mol. The van der Waals surface area contributed by atoms with E-state index >= 15 is 0 Å². The number of rotatable bonds is 11. The van der Waals surface area contributed by atoms with Crippen LogP contribution in [0, 0.1) is 13.8 Å². The molecule has 0 bridgehead atoms. The Balaban J connectivity index is 2.53. The van der Waals surface area contributed by atoms with E-state index in [0.29, 0.717) is 34.3 Å². The molecule has 0 aromatic heterocycles. The smallest absolute Gasteiger partial charge is 0.244 e. The minimum Gasteiger partial charge on any atom is -0.354 e. The van der Waals surface area contributed by atoms with Crippen LogP contribution in [0.25, 0.3) is 0 Å². The van der Waals surface area contributed by atoms with Crippen molar-refractivity contribution in [1.29, 1.82) is 0 Å². The van der Waals surface area contributed by atoms with E-state index in [1.54, 1.807) is 37.3 Å². The Kier molecular flexibility index (Phi) is 10.4. The first-order valence-electron chi connectivity index (χ1n) is 11.5. The average molecular weight is 543 g/mol. The molecule has 0 aliphatic carbocycles. The number of carbonyl (C=O) groups is 2. The largest absolute Gasteiger partial charge is 0.354 e. The maximum absolute atomic E-state index is 13.7. The van der Waals surface area contributed by atoms with Gasteiger partial charge < -0.3 is 10.2 Å². The lowest BCUT2D eigenvalue weighted by Gasteiger charge is -2.33. The molecule has 2 amide bonds. The fourth-order valence-corrected chi connectivity index (χ4v) is 5.16. The molecule has 1 N–H and O–H groups in total. The van der Waals surface area contributed by atoms with Crippen LogP contribution in [-0.4, -0.2) is 50.5 Å². The first kappa shape index (κ1) is 28.9. The zero-order valence-corrected chi connectivity index (χ0v) is 23.1. The van der Waals surface area contributed by atoms with Crippen LogP contribution in [0.1, 0.15) is 43.4 Å². The van der Waals surface area contributed by atoms with Gasteiger partial charge in [0.25, 0.3) is 0 Å². The molecule has 0 aliphatic heterocycles. The Labute approximate surface area is 218 Å². The molecule has 35 heavy (non-hydrogen) atoms. The van der Waals surface area contributed by atoms with Crippen LogP contribution in [0.4, 0.5) is 5.69 Å². The van der Waals surface area contributed by atoms with Gasteiger partial charge >= 0.3 is 0 Å². The van der Waals surface area contributed by atoms with Crippen molar-refractivity contribution in [2.24, 2.45) is 0 Å². The zero-order valence-electron chi connectivity index (χ0n) is 20.8. The molecule has 2 aromatic carbocycles. The second kappa shape index (κ2) is 12.6. The van der Waals surface area contributed by atoms with Crippen molar-refractivity contribution in [3.8, 4) is 0 Å². The molecular formula is C25H33Cl2N3O4S. The molecule has 10 heteroatoms. The lowest BCUT2D eigenvalue weighted by atomic mass is 10.1. The summed E-state index contributed by atoms with van der Waals surface area (Å²) in [7, 11) is -3.81. The minimum atomic E-state index is -3.81. The van der Waals surface area contributed by atoms with Crippen molar-refractivity contribution in [2.45, 2.75) is 53.1 Å². The molecule has 0 spiro atoms. The molecule has 192 valence electrons. The van der Waals surface area contributed by atoms with Crippen molar-refractivity contribution in [3.05, 3.63) is 63.1 Å². The summed E-state index contributed by atoms with van der Waals surface area (Å²) in [5, 5.41) is 3.55. The van der Waals surface area contributed by atoms with Crippen molar-refractivity contribution in [3.63, 3.8) is 0 Å². The van der Waals surface area contributed by atoms with Crippen molar-refractivity contribution >= 4 is 50.7 Å². The standard InChI is InChI=1S/C25H33Cl2N3O4S/c1-6-14-28-25(32)22(7-2)29(15-19-20(26)11-9-12-21(19)27)24(31)16-30(35(5,33)34)23-13-8-10-17(3)18(23)4/h8-13,22H,6-7,14-16H2,1-5H3,(H,28,32)/t22-/m0/s1. The molecule has 2 rings (SSSR count). The second-order valence-corrected chi connectivity index (χ2v) is 11.1. The lowest BCUT2D eigenvalue weighted by Crippen LogP contribution is -2.52. The van der Waals surface area contributed by atoms with Gasteiger partial charge in [-0.1, -0.05) is 55.2 Å². The molecule has 0 aliphatic rings. The number of aryl methyl sites for hydroxylation is 1. The number of nitrogens with one attached hydrogen (secondary N) is 1. The van der Waals surface area contributed by atoms with Gasteiger partial charge in [-0.15, -0.1) is 0 Å². The van der Waals surface area contributed by atoms with Crippen LogP contribution >= 0.6 is 23.2 Å². The third-order valence-electron chi connectivity index (χ3n) is 5.85. The van der Waals surface area contributed by atoms with Crippen LogP contribution < -0.4 is 9.62 Å². The van der Waals surface area contributed by atoms with E-state index in [1.807, 2.05) is 26.8 Å². The molecular weight excluding hydrogens is 509 g/mol. The molecule has 0 saturated carbocycles. The van der Waals surface area contributed by atoms with Gasteiger partial charge in [-0.25, -0.2) is 8.42 Å². The van der Waals surface area contributed by atoms with Crippen LogP contribution in [-0.2, 0) is 26.2 Å². The van der Waals surface area contributed by atoms with E-state index < -0.39 is 28.5 Å². The summed E-state index contributed by atoms with van der Waals surface area (Å²) < 4.78 is 26.6. The third kappa shape index (κ3) is 7.35. The van der Waals surface area contributed by atoms with Gasteiger partial charge in [0.1, 0.15) is 12.6 Å². The van der Waals surface area contributed by atoms with E-state index in [4.69, 9.17) is 23.2 Å². The zero-order chi connectivity index (χ0) is 26.3. The van der Waals surface area contributed by atoms with Gasteiger partial charge in [-0.05, 0) is 56.0 Å². The van der Waals surface area contributed by atoms with Gasteiger partial charge in [0.15, 0.2) is 0 Å². The number of halogens is 2. The summed E-state index contributed by atoms with van der Waals surface area (Å²) in [5.74, 6) is -0.852. The number of nitrogens with zero attached hydrogens (tertiary/aromatic N) is 2. The highest BCUT2D eigenvalue weighted by Crippen LogP contribution is 2.28. The van der Waals surface area contributed by atoms with E-state index in [2.05, 4.69) is 5.32 Å². The average Bonchev–Trinajstić information content (AvgIpc) is 2.79. The minimum absolute atomic E-state index is 0.0419. The van der Waals surface area contributed by atoms with Gasteiger partial charge in [-0.3, -0.25) is 13.9 Å². The Hall–Kier alpha value is -2.29. The molecule has 0 heterocycles. The molecule has 0 fully saturated rings. The SMILES string of the molecule is CCCNC(=O)[C@H](CC)N(Cc1c(Cl)cccc1Cl)C(=O)CN(c1cccc(C)c1C)S(C)(=O)=O. The number of amides is 2. The first-order valence-corrected chi connectivity index (χ1v) is 14.1. The van der Waals surface area contributed by atoms with Gasteiger partial charge in [-0.2, -0.15) is 0 Å². The normalized spacial score (nSPS) is 12.2. The Morgan fingerprint density at radius 1 is 1.03 bits per heavy atom. The van der Waals surface area contributed by atoms with Crippen molar-refractivity contribution in [2.75, 3.05) is 23.7 Å². The van der Waals surface area contributed by atoms with Gasteiger partial charge in [0, 0.05) is 28.7 Å². The van der Waals surface area contributed by atoms with Crippen molar-refractivity contribution in [1.82, 2.24) is 10.2 Å². The summed E-state index contributed by atoms with van der Waals surface area (Å²) in [4.78, 5) is 28.1. The van der Waals surface area contributed by atoms with Gasteiger partial charge in [0.2, 0.25) is 21.8 Å². The summed E-state index contributed by atoms with van der Waals surface area (Å²) in [6.45, 7) is 7.36. The summed E-state index contributed by atoms with van der Waals surface area (Å²) >= 11 is 12.7. The van der Waals surface area contributed by atoms with E-state index in [9.17, 15) is 18.0 Å². The summed E-state index contributed by atoms with van der Waals surface area (Å²) in [6.07, 6.45) is 2.12. The van der Waals surface area contributed by atoms with Crippen molar-refractivity contribution < 1.29 is 18.0 Å². The maximum Gasteiger partial charge on any atom is 0.244 e. The second-order valence-electron chi connectivity index (χ2n) is 8.43. The topological polar surface area (TPSA) is 86.8 Å². The highest BCUT2D eigenvalue weighted by molar-refractivity contribution is 7.92. The fraction of sp³-hybridized carbons (Fsp3) is 0.440. The summed E-state index contributed by atoms with van der Waals surface area (Å²) in [5.41, 5.74) is 2.55. The van der Waals surface area contributed by atoms with Crippen LogP contribution in [0.5, 0.6) is 0 Å². The Bertz CT molecular complexity index is 1150. The highest BCUT2D eigenvalue weighted by Gasteiger charge is 2.32. The maximum atomic E-state index is 13.7. The molecule has 0 unspecified atom stereocenters. The number of sulfonamides is 1. The number of anilines is 1. The highest BCUT2D eigenvalue weighted by atomic mass is 35.5. The number of carbonyl (C=O) groups excluding carboxylic acids is 2. The van der Waals surface area contributed by atoms with E-state index in [0.717, 1.165) is 28.1 Å². The quantitative estimate of drug-likeness (QED) is 0.446. The molecule has 2 aromatic rings. The molecule has 1 atom stereocenters. The molecule has 0 saturated heterocycles. The van der Waals surface area contributed by atoms with Crippen LogP contribution in [0.3, 0.4) is 0 Å². The Morgan fingerprint density at radius 2 is 1.63 bits per heavy atom. The number of hydrogen-bond acceptors (Lipinski definition) is 4. The third-order valence-corrected chi connectivity index (χ3v) is 7.68.